The van der Waals surface area contributed by atoms with Crippen molar-refractivity contribution in [2.45, 2.75) is 33.7 Å². The molecule has 7 heteroatoms. The largest absolute Gasteiger partial charge is 0.462 e. The predicted octanol–water partition coefficient (Wildman–Crippen LogP) is 3.55. The SMILES string of the molecule is CCOC(=O)c1cc(CC)sc1NC(=O)CN1CCN(Cc2ccccc2C)CC1. The van der Waals surface area contributed by atoms with Crippen LogP contribution in [0.5, 0.6) is 0 Å². The fourth-order valence-corrected chi connectivity index (χ4v) is 4.57. The molecule has 2 aromatic rings. The zero-order valence-corrected chi connectivity index (χ0v) is 18.9. The maximum atomic E-state index is 12.6. The molecule has 1 amide bonds. The fourth-order valence-electron chi connectivity index (χ4n) is 3.57. The second-order valence-corrected chi connectivity index (χ2v) is 8.69. The van der Waals surface area contributed by atoms with Crippen LogP contribution in [0.15, 0.2) is 30.3 Å². The van der Waals surface area contributed by atoms with Gasteiger partial charge in [-0.3, -0.25) is 14.6 Å². The number of hydrogen-bond donors (Lipinski definition) is 1. The van der Waals surface area contributed by atoms with E-state index >= 15 is 0 Å². The first-order chi connectivity index (χ1) is 14.5. The number of rotatable bonds is 8. The highest BCUT2D eigenvalue weighted by Gasteiger charge is 2.22. The lowest BCUT2D eigenvalue weighted by Crippen LogP contribution is -2.48. The van der Waals surface area contributed by atoms with Gasteiger partial charge >= 0.3 is 5.97 Å². The summed E-state index contributed by atoms with van der Waals surface area (Å²) in [6, 6.07) is 10.3. The van der Waals surface area contributed by atoms with E-state index in [1.54, 1.807) is 6.92 Å². The number of hydrogen-bond acceptors (Lipinski definition) is 6. The van der Waals surface area contributed by atoms with Gasteiger partial charge in [0, 0.05) is 37.6 Å². The van der Waals surface area contributed by atoms with Crippen molar-refractivity contribution in [1.29, 1.82) is 0 Å². The number of ether oxygens (including phenoxy) is 1. The number of piperazine rings is 1. The highest BCUT2D eigenvalue weighted by Crippen LogP contribution is 2.29. The summed E-state index contributed by atoms with van der Waals surface area (Å²) in [5.41, 5.74) is 3.13. The maximum Gasteiger partial charge on any atom is 0.341 e. The molecule has 0 radical (unpaired) electrons. The van der Waals surface area contributed by atoms with Crippen LogP contribution >= 0.6 is 11.3 Å². The lowest BCUT2D eigenvalue weighted by Gasteiger charge is -2.34. The lowest BCUT2D eigenvalue weighted by atomic mass is 10.1. The van der Waals surface area contributed by atoms with Gasteiger partial charge in [-0.25, -0.2) is 4.79 Å². The van der Waals surface area contributed by atoms with Crippen LogP contribution in [-0.2, 0) is 22.5 Å². The van der Waals surface area contributed by atoms with Crippen molar-refractivity contribution in [2.24, 2.45) is 0 Å². The summed E-state index contributed by atoms with van der Waals surface area (Å²) >= 11 is 1.45. The molecule has 0 unspecified atom stereocenters. The van der Waals surface area contributed by atoms with Crippen LogP contribution in [0.1, 0.15) is 40.2 Å². The number of nitrogens with zero attached hydrogens (tertiary/aromatic N) is 2. The highest BCUT2D eigenvalue weighted by atomic mass is 32.1. The number of thiophene rings is 1. The molecule has 1 aliphatic heterocycles. The van der Waals surface area contributed by atoms with E-state index in [9.17, 15) is 9.59 Å². The predicted molar refractivity (Wildman–Crippen MR) is 121 cm³/mol. The Morgan fingerprint density at radius 2 is 1.80 bits per heavy atom. The topological polar surface area (TPSA) is 61.9 Å². The maximum absolute atomic E-state index is 12.6. The Balaban J connectivity index is 1.51. The Bertz CT molecular complexity index is 872. The number of carbonyl (C=O) groups excluding carboxylic acids is 2. The zero-order valence-electron chi connectivity index (χ0n) is 18.1. The van der Waals surface area contributed by atoms with Crippen LogP contribution in [0.25, 0.3) is 0 Å². The molecule has 2 heterocycles. The van der Waals surface area contributed by atoms with Gasteiger partial charge in [-0.2, -0.15) is 0 Å². The third-order valence-corrected chi connectivity index (χ3v) is 6.56. The molecule has 0 bridgehead atoms. The molecule has 162 valence electrons. The number of carbonyl (C=O) groups is 2. The first-order valence-electron chi connectivity index (χ1n) is 10.6. The van der Waals surface area contributed by atoms with E-state index in [0.717, 1.165) is 44.0 Å². The van der Waals surface area contributed by atoms with E-state index in [1.165, 1.54) is 22.5 Å². The van der Waals surface area contributed by atoms with Crippen LogP contribution in [0.2, 0.25) is 0 Å². The second-order valence-electron chi connectivity index (χ2n) is 7.56. The molecule has 0 aliphatic carbocycles. The number of nitrogens with one attached hydrogen (secondary N) is 1. The molecule has 0 saturated carbocycles. The Labute approximate surface area is 182 Å². The summed E-state index contributed by atoms with van der Waals surface area (Å²) in [5, 5.41) is 3.53. The van der Waals surface area contributed by atoms with Gasteiger partial charge in [0.25, 0.3) is 0 Å². The van der Waals surface area contributed by atoms with Crippen molar-refractivity contribution < 1.29 is 14.3 Å². The Morgan fingerprint density at radius 3 is 2.47 bits per heavy atom. The van der Waals surface area contributed by atoms with Gasteiger partial charge < -0.3 is 10.1 Å². The van der Waals surface area contributed by atoms with Crippen molar-refractivity contribution in [3.05, 3.63) is 51.9 Å². The minimum Gasteiger partial charge on any atom is -0.462 e. The molecular weight excluding hydrogens is 398 g/mol. The lowest BCUT2D eigenvalue weighted by molar-refractivity contribution is -0.117. The summed E-state index contributed by atoms with van der Waals surface area (Å²) < 4.78 is 5.13. The normalized spacial score (nSPS) is 15.2. The van der Waals surface area contributed by atoms with Crippen molar-refractivity contribution in [3.8, 4) is 0 Å². The number of esters is 1. The average molecular weight is 430 g/mol. The molecule has 3 rings (SSSR count). The highest BCUT2D eigenvalue weighted by molar-refractivity contribution is 7.16. The van der Waals surface area contributed by atoms with Gasteiger partial charge in [0.05, 0.1) is 18.7 Å². The minimum absolute atomic E-state index is 0.0857. The monoisotopic (exact) mass is 429 g/mol. The molecule has 1 saturated heterocycles. The molecule has 1 N–H and O–H groups in total. The smallest absolute Gasteiger partial charge is 0.341 e. The van der Waals surface area contributed by atoms with Crippen molar-refractivity contribution >= 4 is 28.2 Å². The summed E-state index contributed by atoms with van der Waals surface area (Å²) in [5.74, 6) is -0.467. The Hall–Kier alpha value is -2.22. The number of amides is 1. The van der Waals surface area contributed by atoms with E-state index in [-0.39, 0.29) is 11.9 Å². The summed E-state index contributed by atoms with van der Waals surface area (Å²) in [7, 11) is 0. The van der Waals surface area contributed by atoms with Gasteiger partial charge in [-0.15, -0.1) is 11.3 Å². The quantitative estimate of drug-likeness (QED) is 0.650. The fraction of sp³-hybridized carbons (Fsp3) is 0.478. The molecule has 1 aliphatic rings. The van der Waals surface area contributed by atoms with E-state index < -0.39 is 0 Å². The van der Waals surface area contributed by atoms with Crippen LogP contribution in [0.3, 0.4) is 0 Å². The van der Waals surface area contributed by atoms with Gasteiger partial charge in [-0.05, 0) is 37.5 Å². The van der Waals surface area contributed by atoms with Gasteiger partial charge in [0.15, 0.2) is 0 Å². The van der Waals surface area contributed by atoms with E-state index in [1.807, 2.05) is 13.0 Å². The Kier molecular flexibility index (Phi) is 8.01. The van der Waals surface area contributed by atoms with E-state index in [2.05, 4.69) is 46.3 Å². The second kappa shape index (κ2) is 10.7. The number of benzene rings is 1. The zero-order chi connectivity index (χ0) is 21.5. The van der Waals surface area contributed by atoms with Crippen molar-refractivity contribution in [3.63, 3.8) is 0 Å². The van der Waals surface area contributed by atoms with E-state index in [4.69, 9.17) is 4.74 Å². The third kappa shape index (κ3) is 5.90. The molecule has 1 fully saturated rings. The molecule has 6 nitrogen and oxygen atoms in total. The van der Waals surface area contributed by atoms with Crippen LogP contribution in [0.4, 0.5) is 5.00 Å². The standard InChI is InChI=1S/C23H31N3O3S/c1-4-19-14-20(23(28)29-5-2)22(30-19)24-21(27)16-26-12-10-25(11-13-26)15-18-9-7-6-8-17(18)3/h6-9,14H,4-5,10-13,15-16H2,1-3H3,(H,24,27). The van der Waals surface area contributed by atoms with Crippen LogP contribution < -0.4 is 5.32 Å². The van der Waals surface area contributed by atoms with Gasteiger partial charge in [0.2, 0.25) is 5.91 Å². The number of anilines is 1. The summed E-state index contributed by atoms with van der Waals surface area (Å²) in [6.07, 6.45) is 0.815. The molecular formula is C23H31N3O3S. The van der Waals surface area contributed by atoms with Crippen molar-refractivity contribution in [1.82, 2.24) is 9.80 Å². The average Bonchev–Trinajstić information content (AvgIpc) is 3.14. The molecule has 0 spiro atoms. The first-order valence-corrected chi connectivity index (χ1v) is 11.4. The summed E-state index contributed by atoms with van der Waals surface area (Å²) in [6.45, 7) is 11.1. The molecule has 1 aromatic carbocycles. The summed E-state index contributed by atoms with van der Waals surface area (Å²) in [4.78, 5) is 30.5. The van der Waals surface area contributed by atoms with Gasteiger partial charge in [0.1, 0.15) is 5.00 Å². The van der Waals surface area contributed by atoms with Gasteiger partial charge in [-0.1, -0.05) is 31.2 Å². The van der Waals surface area contributed by atoms with E-state index in [0.29, 0.717) is 23.7 Å². The minimum atomic E-state index is -0.381. The first kappa shape index (κ1) is 22.5. The molecule has 1 aromatic heterocycles. The molecule has 0 atom stereocenters. The Morgan fingerprint density at radius 1 is 1.10 bits per heavy atom. The third-order valence-electron chi connectivity index (χ3n) is 5.37. The number of aryl methyl sites for hydroxylation is 2. The van der Waals surface area contributed by atoms with Crippen molar-refractivity contribution in [2.75, 3.05) is 44.6 Å². The molecule has 30 heavy (non-hydrogen) atoms. The van der Waals surface area contributed by atoms with Crippen LogP contribution in [-0.4, -0.2) is 61.0 Å². The van der Waals surface area contributed by atoms with Crippen LogP contribution in [0, 0.1) is 6.92 Å².